The maximum absolute atomic E-state index is 13.5. The minimum absolute atomic E-state index is 0.0631. The molecule has 3 aromatic rings. The highest BCUT2D eigenvalue weighted by Crippen LogP contribution is 2.61. The first-order chi connectivity index (χ1) is 20.0. The third kappa shape index (κ3) is 5.56. The van der Waals surface area contributed by atoms with Crippen molar-refractivity contribution in [1.29, 1.82) is 0 Å². The summed E-state index contributed by atoms with van der Waals surface area (Å²) in [5, 5.41) is 8.99. The second-order valence-corrected chi connectivity index (χ2v) is 14.2. The number of fused-ring (bicyclic) bond motifs is 3. The summed E-state index contributed by atoms with van der Waals surface area (Å²) in [4.78, 5) is 26.0. The van der Waals surface area contributed by atoms with Crippen LogP contribution in [0.1, 0.15) is 59.1 Å². The van der Waals surface area contributed by atoms with E-state index in [2.05, 4.69) is 43.2 Å². The SMILES string of the molecule is C[C@H]1[C@@H](N=C(Nc2ccc3c(=O)n([C@H](C)Cc4ccc(Cl)cc4Cl)cnc3c2)N2CCN[C@@H](C)C2)C[C@@H]2C[C@@H]1C2(C)C. The van der Waals surface area contributed by atoms with Crippen LogP contribution in [0.4, 0.5) is 5.69 Å². The summed E-state index contributed by atoms with van der Waals surface area (Å²) in [7, 11) is 0. The molecule has 1 aliphatic heterocycles. The second kappa shape index (κ2) is 11.5. The van der Waals surface area contributed by atoms with Crippen molar-refractivity contribution in [3.63, 3.8) is 0 Å². The first-order valence-electron chi connectivity index (χ1n) is 15.3. The Kier molecular flexibility index (Phi) is 8.05. The van der Waals surface area contributed by atoms with E-state index in [-0.39, 0.29) is 11.6 Å². The minimum atomic E-state index is -0.118. The first-order valence-corrected chi connectivity index (χ1v) is 16.0. The van der Waals surface area contributed by atoms with Crippen LogP contribution in [-0.2, 0) is 6.42 Å². The molecule has 3 aliphatic carbocycles. The van der Waals surface area contributed by atoms with E-state index in [1.807, 2.05) is 37.3 Å². The number of halogens is 2. The summed E-state index contributed by atoms with van der Waals surface area (Å²) in [6.45, 7) is 14.2. The smallest absolute Gasteiger partial charge is 0.261 e. The van der Waals surface area contributed by atoms with Gasteiger partial charge in [-0.15, -0.1) is 0 Å². The van der Waals surface area contributed by atoms with Crippen LogP contribution < -0.4 is 16.2 Å². The van der Waals surface area contributed by atoms with E-state index in [4.69, 9.17) is 33.2 Å². The Hall–Kier alpha value is -2.61. The molecule has 0 spiro atoms. The van der Waals surface area contributed by atoms with E-state index in [1.54, 1.807) is 17.0 Å². The van der Waals surface area contributed by atoms with Gasteiger partial charge in [0.25, 0.3) is 5.56 Å². The Morgan fingerprint density at radius 1 is 1.19 bits per heavy atom. The maximum Gasteiger partial charge on any atom is 0.261 e. The topological polar surface area (TPSA) is 74.5 Å². The predicted molar refractivity (Wildman–Crippen MR) is 174 cm³/mol. The monoisotopic (exact) mass is 608 g/mol. The van der Waals surface area contributed by atoms with E-state index in [0.717, 1.165) is 55.1 Å². The number of aromatic nitrogens is 2. The Morgan fingerprint density at radius 3 is 2.71 bits per heavy atom. The Bertz CT molecular complexity index is 1570. The van der Waals surface area contributed by atoms with Crippen LogP contribution in [0, 0.1) is 23.2 Å². The zero-order chi connectivity index (χ0) is 29.8. The van der Waals surface area contributed by atoms with Crippen LogP contribution >= 0.6 is 23.2 Å². The van der Waals surface area contributed by atoms with E-state index < -0.39 is 0 Å². The van der Waals surface area contributed by atoms with Crippen molar-refractivity contribution in [2.24, 2.45) is 28.2 Å². The molecule has 4 fully saturated rings. The van der Waals surface area contributed by atoms with Crippen LogP contribution in [0.2, 0.25) is 10.0 Å². The van der Waals surface area contributed by atoms with Crippen LogP contribution in [0.15, 0.2) is 52.5 Å². The van der Waals surface area contributed by atoms with Crippen molar-refractivity contribution >= 4 is 45.8 Å². The van der Waals surface area contributed by atoms with Gasteiger partial charge in [-0.1, -0.05) is 50.0 Å². The largest absolute Gasteiger partial charge is 0.340 e. The molecule has 2 aromatic carbocycles. The molecule has 2 N–H and O–H groups in total. The lowest BCUT2D eigenvalue weighted by Gasteiger charge is -2.61. The fourth-order valence-corrected chi connectivity index (χ4v) is 8.01. The molecule has 9 heteroatoms. The van der Waals surface area contributed by atoms with Gasteiger partial charge in [-0.25, -0.2) is 9.98 Å². The molecule has 6 atom stereocenters. The number of rotatable bonds is 5. The summed E-state index contributed by atoms with van der Waals surface area (Å²) in [6.07, 6.45) is 4.74. The summed E-state index contributed by atoms with van der Waals surface area (Å²) in [6, 6.07) is 11.9. The molecule has 1 aromatic heterocycles. The zero-order valence-corrected chi connectivity index (χ0v) is 26.7. The molecule has 224 valence electrons. The van der Waals surface area contributed by atoms with Gasteiger partial charge >= 0.3 is 0 Å². The van der Waals surface area contributed by atoms with Crippen LogP contribution in [-0.4, -0.2) is 52.1 Å². The molecule has 7 nitrogen and oxygen atoms in total. The zero-order valence-electron chi connectivity index (χ0n) is 25.2. The molecule has 4 aliphatic rings. The molecule has 2 heterocycles. The lowest BCUT2D eigenvalue weighted by atomic mass is 9.45. The average Bonchev–Trinajstić information content (AvgIpc) is 2.95. The predicted octanol–water partition coefficient (Wildman–Crippen LogP) is 6.64. The number of aliphatic imine (C=N–C) groups is 1. The normalized spacial score (nSPS) is 27.9. The minimum Gasteiger partial charge on any atom is -0.340 e. The van der Waals surface area contributed by atoms with Gasteiger partial charge in [0.05, 0.1) is 23.3 Å². The molecule has 2 bridgehead atoms. The van der Waals surface area contributed by atoms with Gasteiger partial charge in [-0.3, -0.25) is 9.36 Å². The quantitative estimate of drug-likeness (QED) is 0.251. The first kappa shape index (κ1) is 29.5. The van der Waals surface area contributed by atoms with Gasteiger partial charge < -0.3 is 15.5 Å². The van der Waals surface area contributed by atoms with Gasteiger partial charge in [0.15, 0.2) is 5.96 Å². The molecular weight excluding hydrogens is 567 g/mol. The number of benzene rings is 2. The van der Waals surface area contributed by atoms with Gasteiger partial charge in [0, 0.05) is 47.5 Å². The maximum atomic E-state index is 13.5. The number of nitrogens with one attached hydrogen (secondary N) is 2. The van der Waals surface area contributed by atoms with Crippen molar-refractivity contribution in [2.75, 3.05) is 25.0 Å². The molecule has 3 saturated carbocycles. The van der Waals surface area contributed by atoms with E-state index >= 15 is 0 Å². The number of hydrogen-bond acceptors (Lipinski definition) is 4. The average molecular weight is 610 g/mol. The molecule has 0 amide bonds. The van der Waals surface area contributed by atoms with Crippen molar-refractivity contribution in [1.82, 2.24) is 19.8 Å². The Morgan fingerprint density at radius 2 is 2.00 bits per heavy atom. The fraction of sp³-hybridized carbons (Fsp3) is 0.545. The number of hydrogen-bond donors (Lipinski definition) is 2. The van der Waals surface area contributed by atoms with Gasteiger partial charge in [-0.2, -0.15) is 0 Å². The van der Waals surface area contributed by atoms with Gasteiger partial charge in [0.1, 0.15) is 0 Å². The third-order valence-corrected chi connectivity index (χ3v) is 10.9. The molecular formula is C33H42Cl2N6O. The van der Waals surface area contributed by atoms with E-state index in [1.165, 1.54) is 6.42 Å². The summed E-state index contributed by atoms with van der Waals surface area (Å²) in [5.74, 6) is 2.98. The lowest BCUT2D eigenvalue weighted by Crippen LogP contribution is -2.57. The van der Waals surface area contributed by atoms with Crippen LogP contribution in [0.25, 0.3) is 10.9 Å². The van der Waals surface area contributed by atoms with Crippen LogP contribution in [0.5, 0.6) is 0 Å². The highest BCUT2D eigenvalue weighted by atomic mass is 35.5. The summed E-state index contributed by atoms with van der Waals surface area (Å²) in [5.41, 5.74) is 2.87. The van der Waals surface area contributed by atoms with Crippen LogP contribution in [0.3, 0.4) is 0 Å². The van der Waals surface area contributed by atoms with Crippen molar-refractivity contribution < 1.29 is 0 Å². The van der Waals surface area contributed by atoms with Gasteiger partial charge in [0.2, 0.25) is 0 Å². The summed E-state index contributed by atoms with van der Waals surface area (Å²) < 4.78 is 1.69. The highest BCUT2D eigenvalue weighted by molar-refractivity contribution is 6.35. The standard InChI is InChI=1S/C33H42Cl2N6O/c1-19-17-40(11-10-36-19)32(39-29-14-23-13-27(21(29)3)33(23,4)5)38-25-8-9-26-30(16-25)37-18-41(31(26)42)20(2)12-22-6-7-24(34)15-28(22)35/h6-9,15-16,18-21,23,27,29,36H,10-14,17H2,1-5H3,(H,38,39)/t19-,20+,21+,23-,27-,29-/m0/s1. The fourth-order valence-electron chi connectivity index (χ4n) is 7.53. The summed E-state index contributed by atoms with van der Waals surface area (Å²) >= 11 is 12.5. The number of anilines is 1. The molecule has 1 saturated heterocycles. The lowest BCUT2D eigenvalue weighted by molar-refractivity contribution is -0.108. The molecule has 42 heavy (non-hydrogen) atoms. The third-order valence-electron chi connectivity index (χ3n) is 10.3. The van der Waals surface area contributed by atoms with Crippen molar-refractivity contribution in [3.05, 3.63) is 68.7 Å². The number of piperazine rings is 1. The Labute approximate surface area is 258 Å². The Balaban J connectivity index is 1.25. The second-order valence-electron chi connectivity index (χ2n) is 13.4. The highest BCUT2D eigenvalue weighted by Gasteiger charge is 2.56. The van der Waals surface area contributed by atoms with E-state index in [0.29, 0.717) is 50.8 Å². The van der Waals surface area contributed by atoms with Crippen molar-refractivity contribution in [3.8, 4) is 0 Å². The van der Waals surface area contributed by atoms with Crippen molar-refractivity contribution in [2.45, 2.75) is 72.0 Å². The van der Waals surface area contributed by atoms with E-state index in [9.17, 15) is 4.79 Å². The molecule has 0 radical (unpaired) electrons. The molecule has 7 rings (SSSR count). The molecule has 0 unspecified atom stereocenters. The number of guanidine groups is 1. The number of nitrogens with zero attached hydrogens (tertiary/aromatic N) is 4. The van der Waals surface area contributed by atoms with Gasteiger partial charge in [-0.05, 0) is 92.2 Å².